The van der Waals surface area contributed by atoms with Crippen LogP contribution in [-0.4, -0.2) is 13.0 Å². The van der Waals surface area contributed by atoms with Crippen molar-refractivity contribution in [2.75, 3.05) is 12.4 Å². The number of benzene rings is 2. The highest BCUT2D eigenvalue weighted by Crippen LogP contribution is 2.44. The van der Waals surface area contributed by atoms with Gasteiger partial charge in [-0.3, -0.25) is 4.79 Å². The number of amides is 1. The first kappa shape index (κ1) is 13.7. The smallest absolute Gasteiger partial charge is 0.235 e. The van der Waals surface area contributed by atoms with Crippen LogP contribution in [0.25, 0.3) is 0 Å². The zero-order chi connectivity index (χ0) is 14.7. The minimum atomic E-state index is -0.371. The van der Waals surface area contributed by atoms with Gasteiger partial charge in [0.2, 0.25) is 5.91 Å². The van der Waals surface area contributed by atoms with E-state index in [9.17, 15) is 4.79 Å². The number of rotatable bonds is 4. The van der Waals surface area contributed by atoms with Gasteiger partial charge in [-0.25, -0.2) is 0 Å². The molecule has 0 radical (unpaired) electrons. The van der Waals surface area contributed by atoms with E-state index in [-0.39, 0.29) is 11.3 Å². The van der Waals surface area contributed by atoms with Crippen LogP contribution in [0.15, 0.2) is 54.6 Å². The van der Waals surface area contributed by atoms with Crippen molar-refractivity contribution in [1.82, 2.24) is 0 Å². The van der Waals surface area contributed by atoms with Crippen molar-refractivity contribution in [3.8, 4) is 5.75 Å². The standard InChI is InChI=1S/C18H19NO2/c1-21-16-10-5-9-15(13-16)19-17(20)18(11-6-12-18)14-7-3-2-4-8-14/h2-5,7-10,13H,6,11-12H2,1H3,(H,19,20). The number of anilines is 1. The summed E-state index contributed by atoms with van der Waals surface area (Å²) in [7, 11) is 1.62. The first-order chi connectivity index (χ1) is 10.2. The van der Waals surface area contributed by atoms with E-state index in [0.29, 0.717) is 0 Å². The summed E-state index contributed by atoms with van der Waals surface area (Å²) in [5, 5.41) is 3.04. The Kier molecular flexibility index (Phi) is 3.65. The number of hydrogen-bond donors (Lipinski definition) is 1. The van der Waals surface area contributed by atoms with Gasteiger partial charge in [0, 0.05) is 11.8 Å². The summed E-state index contributed by atoms with van der Waals surface area (Å²) in [6.07, 6.45) is 2.92. The summed E-state index contributed by atoms with van der Waals surface area (Å²) in [6.45, 7) is 0. The normalized spacial score (nSPS) is 15.9. The Bertz CT molecular complexity index is 633. The number of carbonyl (C=O) groups is 1. The van der Waals surface area contributed by atoms with Gasteiger partial charge in [-0.1, -0.05) is 42.8 Å². The van der Waals surface area contributed by atoms with Gasteiger partial charge in [0.05, 0.1) is 12.5 Å². The molecule has 0 aromatic heterocycles. The Morgan fingerprint density at radius 3 is 2.48 bits per heavy atom. The molecule has 0 aliphatic heterocycles. The van der Waals surface area contributed by atoms with Crippen molar-refractivity contribution in [2.45, 2.75) is 24.7 Å². The fourth-order valence-corrected chi connectivity index (χ4v) is 2.89. The van der Waals surface area contributed by atoms with Crippen LogP contribution >= 0.6 is 0 Å². The fraction of sp³-hybridized carbons (Fsp3) is 0.278. The predicted octanol–water partition coefficient (Wildman–Crippen LogP) is 3.76. The van der Waals surface area contributed by atoms with Crippen LogP contribution in [0.4, 0.5) is 5.69 Å². The van der Waals surface area contributed by atoms with Crippen molar-refractivity contribution < 1.29 is 9.53 Å². The van der Waals surface area contributed by atoms with E-state index < -0.39 is 0 Å². The van der Waals surface area contributed by atoms with Crippen LogP contribution in [0.1, 0.15) is 24.8 Å². The maximum atomic E-state index is 12.8. The molecular weight excluding hydrogens is 262 g/mol. The van der Waals surface area contributed by atoms with Gasteiger partial charge in [0.1, 0.15) is 5.75 Å². The number of methoxy groups -OCH3 is 1. The lowest BCUT2D eigenvalue weighted by Gasteiger charge is -2.40. The second kappa shape index (κ2) is 5.60. The van der Waals surface area contributed by atoms with E-state index in [4.69, 9.17) is 4.74 Å². The van der Waals surface area contributed by atoms with Crippen LogP contribution in [0.3, 0.4) is 0 Å². The van der Waals surface area contributed by atoms with Gasteiger partial charge >= 0.3 is 0 Å². The van der Waals surface area contributed by atoms with Crippen LogP contribution in [-0.2, 0) is 10.2 Å². The molecule has 3 nitrogen and oxygen atoms in total. The summed E-state index contributed by atoms with van der Waals surface area (Å²) in [5.74, 6) is 0.823. The van der Waals surface area contributed by atoms with Crippen molar-refractivity contribution in [1.29, 1.82) is 0 Å². The Morgan fingerprint density at radius 1 is 1.10 bits per heavy atom. The molecular formula is C18H19NO2. The zero-order valence-corrected chi connectivity index (χ0v) is 12.1. The third-order valence-corrected chi connectivity index (χ3v) is 4.30. The van der Waals surface area contributed by atoms with Crippen LogP contribution in [0, 0.1) is 0 Å². The second-order valence-corrected chi connectivity index (χ2v) is 5.49. The van der Waals surface area contributed by atoms with Crippen LogP contribution < -0.4 is 10.1 Å². The lowest BCUT2D eigenvalue weighted by atomic mass is 9.64. The molecule has 3 heteroatoms. The highest BCUT2D eigenvalue weighted by molar-refractivity contribution is 6.00. The van der Waals surface area contributed by atoms with Crippen LogP contribution in [0.2, 0.25) is 0 Å². The minimum Gasteiger partial charge on any atom is -0.497 e. The largest absolute Gasteiger partial charge is 0.497 e. The Labute approximate surface area is 124 Å². The van der Waals surface area contributed by atoms with Gasteiger partial charge in [-0.15, -0.1) is 0 Å². The van der Waals surface area contributed by atoms with Crippen molar-refractivity contribution in [3.05, 3.63) is 60.2 Å². The molecule has 1 aliphatic rings. The molecule has 21 heavy (non-hydrogen) atoms. The van der Waals surface area contributed by atoms with E-state index in [1.165, 1.54) is 0 Å². The SMILES string of the molecule is COc1cccc(NC(=O)C2(c3ccccc3)CCC2)c1. The highest BCUT2D eigenvalue weighted by atomic mass is 16.5. The highest BCUT2D eigenvalue weighted by Gasteiger charge is 2.45. The monoisotopic (exact) mass is 281 g/mol. The molecule has 1 saturated carbocycles. The van der Waals surface area contributed by atoms with Crippen molar-refractivity contribution in [3.63, 3.8) is 0 Å². The quantitative estimate of drug-likeness (QED) is 0.926. The van der Waals surface area contributed by atoms with Crippen molar-refractivity contribution in [2.24, 2.45) is 0 Å². The van der Waals surface area contributed by atoms with Crippen molar-refractivity contribution >= 4 is 11.6 Å². The van der Waals surface area contributed by atoms with E-state index in [2.05, 4.69) is 5.32 Å². The van der Waals surface area contributed by atoms with E-state index in [1.807, 2.05) is 54.6 Å². The molecule has 0 unspecified atom stereocenters. The average Bonchev–Trinajstić information content (AvgIpc) is 2.47. The fourth-order valence-electron chi connectivity index (χ4n) is 2.89. The molecule has 108 valence electrons. The van der Waals surface area contributed by atoms with E-state index in [1.54, 1.807) is 7.11 Å². The summed E-state index contributed by atoms with van der Waals surface area (Å²) in [6, 6.07) is 17.5. The van der Waals surface area contributed by atoms with Gasteiger partial charge in [-0.05, 0) is 30.5 Å². The third-order valence-electron chi connectivity index (χ3n) is 4.30. The first-order valence-electron chi connectivity index (χ1n) is 7.26. The van der Waals surface area contributed by atoms with Gasteiger partial charge in [0.25, 0.3) is 0 Å². The maximum absolute atomic E-state index is 12.8. The second-order valence-electron chi connectivity index (χ2n) is 5.49. The maximum Gasteiger partial charge on any atom is 0.235 e. The molecule has 1 N–H and O–H groups in total. The first-order valence-corrected chi connectivity index (χ1v) is 7.26. The third kappa shape index (κ3) is 2.51. The van der Waals surface area contributed by atoms with Gasteiger partial charge in [-0.2, -0.15) is 0 Å². The molecule has 2 aromatic carbocycles. The molecule has 0 spiro atoms. The Balaban J connectivity index is 1.83. The number of nitrogens with one attached hydrogen (secondary N) is 1. The summed E-state index contributed by atoms with van der Waals surface area (Å²) in [4.78, 5) is 12.8. The Hall–Kier alpha value is -2.29. The topological polar surface area (TPSA) is 38.3 Å². The predicted molar refractivity (Wildman–Crippen MR) is 83.6 cm³/mol. The minimum absolute atomic E-state index is 0.0770. The van der Waals surface area contributed by atoms with Gasteiger partial charge < -0.3 is 10.1 Å². The summed E-state index contributed by atoms with van der Waals surface area (Å²) in [5.41, 5.74) is 1.52. The molecule has 1 aliphatic carbocycles. The summed E-state index contributed by atoms with van der Waals surface area (Å²) >= 11 is 0. The molecule has 0 atom stereocenters. The zero-order valence-electron chi connectivity index (χ0n) is 12.1. The number of ether oxygens (including phenoxy) is 1. The lowest BCUT2D eigenvalue weighted by molar-refractivity contribution is -0.124. The number of carbonyl (C=O) groups excluding carboxylic acids is 1. The molecule has 1 amide bonds. The molecule has 0 heterocycles. The molecule has 3 rings (SSSR count). The van der Waals surface area contributed by atoms with E-state index in [0.717, 1.165) is 36.3 Å². The average molecular weight is 281 g/mol. The molecule has 0 saturated heterocycles. The molecule has 0 bridgehead atoms. The Morgan fingerprint density at radius 2 is 1.86 bits per heavy atom. The molecule has 1 fully saturated rings. The number of hydrogen-bond acceptors (Lipinski definition) is 2. The molecule has 2 aromatic rings. The summed E-state index contributed by atoms with van der Waals surface area (Å²) < 4.78 is 5.20. The van der Waals surface area contributed by atoms with Gasteiger partial charge in [0.15, 0.2) is 0 Å². The van der Waals surface area contributed by atoms with Crippen LogP contribution in [0.5, 0.6) is 5.75 Å². The lowest BCUT2D eigenvalue weighted by Crippen LogP contribution is -2.45. The van der Waals surface area contributed by atoms with E-state index >= 15 is 0 Å².